The maximum absolute atomic E-state index is 12.1. The van der Waals surface area contributed by atoms with E-state index in [0.717, 1.165) is 5.56 Å². The molecule has 0 N–H and O–H groups in total. The van der Waals surface area contributed by atoms with Crippen molar-refractivity contribution in [2.75, 3.05) is 19.8 Å². The van der Waals surface area contributed by atoms with Crippen molar-refractivity contribution in [3.05, 3.63) is 60.2 Å². The molecule has 1 amide bonds. The van der Waals surface area contributed by atoms with Gasteiger partial charge in [-0.15, -0.1) is 0 Å². The molecule has 2 rings (SSSR count). The number of amides is 1. The monoisotopic (exact) mass is 333 g/mol. The van der Waals surface area contributed by atoms with Gasteiger partial charge < -0.3 is 9.64 Å². The number of hydrogen-bond acceptors (Lipinski definition) is 4. The first-order valence-corrected chi connectivity index (χ1v) is 8.73. The molecule has 0 bridgehead atoms. The average Bonchev–Trinajstić information content (AvgIpc) is 2.54. The Bertz CT molecular complexity index is 753. The molecule has 0 aliphatic rings. The summed E-state index contributed by atoms with van der Waals surface area (Å²) in [6, 6.07) is 15.8. The van der Waals surface area contributed by atoms with Crippen LogP contribution in [0.1, 0.15) is 5.56 Å². The summed E-state index contributed by atoms with van der Waals surface area (Å²) in [5.74, 6) is -0.411. The number of ether oxygens (including phenoxy) is 1. The number of benzene rings is 2. The summed E-state index contributed by atoms with van der Waals surface area (Å²) < 4.78 is 29.9. The minimum Gasteiger partial charge on any atom is -0.489 e. The molecule has 5 nitrogen and oxygen atoms in total. The van der Waals surface area contributed by atoms with Crippen LogP contribution in [0, 0.1) is 0 Å². The Morgan fingerprint density at radius 2 is 1.61 bits per heavy atom. The molecule has 2 aromatic rings. The number of carbonyl (C=O) groups excluding carboxylic acids is 1. The van der Waals surface area contributed by atoms with Gasteiger partial charge in [0.15, 0.2) is 9.84 Å². The van der Waals surface area contributed by atoms with E-state index in [-0.39, 0.29) is 4.90 Å². The Balaban J connectivity index is 2.03. The zero-order chi connectivity index (χ0) is 16.9. The van der Waals surface area contributed by atoms with E-state index in [2.05, 4.69) is 0 Å². The standard InChI is InChI=1S/C17H19NO4S/c1-18(2)17(19)13-23(20,21)16-10-8-15(9-11-16)22-12-14-6-4-3-5-7-14/h3-11H,12-13H2,1-2H3. The molecule has 0 unspecified atom stereocenters. The lowest BCUT2D eigenvalue weighted by atomic mass is 10.2. The van der Waals surface area contributed by atoms with Gasteiger partial charge in [0, 0.05) is 14.1 Å². The van der Waals surface area contributed by atoms with E-state index in [1.54, 1.807) is 12.1 Å². The number of sulfone groups is 1. The lowest BCUT2D eigenvalue weighted by Gasteiger charge is -2.11. The van der Waals surface area contributed by atoms with Crippen LogP contribution in [-0.2, 0) is 21.2 Å². The fraction of sp³-hybridized carbons (Fsp3) is 0.235. The molecule has 0 atom stereocenters. The van der Waals surface area contributed by atoms with Crippen molar-refractivity contribution in [3.8, 4) is 5.75 Å². The topological polar surface area (TPSA) is 63.7 Å². The maximum atomic E-state index is 12.1. The summed E-state index contributed by atoms with van der Waals surface area (Å²) in [6.07, 6.45) is 0. The Labute approximate surface area is 136 Å². The highest BCUT2D eigenvalue weighted by Gasteiger charge is 2.20. The molecule has 6 heteroatoms. The van der Waals surface area contributed by atoms with Crippen LogP contribution in [0.2, 0.25) is 0 Å². The van der Waals surface area contributed by atoms with Crippen molar-refractivity contribution >= 4 is 15.7 Å². The predicted molar refractivity (Wildman–Crippen MR) is 88.0 cm³/mol. The quantitative estimate of drug-likeness (QED) is 0.812. The molecule has 0 spiro atoms. The van der Waals surface area contributed by atoms with Crippen LogP contribution in [0.3, 0.4) is 0 Å². The molecule has 0 aliphatic carbocycles. The molecule has 0 aliphatic heterocycles. The molecule has 0 saturated carbocycles. The zero-order valence-electron chi connectivity index (χ0n) is 13.1. The van der Waals surface area contributed by atoms with Crippen molar-refractivity contribution < 1.29 is 17.9 Å². The Hall–Kier alpha value is -2.34. The third kappa shape index (κ3) is 4.82. The van der Waals surface area contributed by atoms with Crippen LogP contribution in [0.4, 0.5) is 0 Å². The van der Waals surface area contributed by atoms with Gasteiger partial charge in [0.25, 0.3) is 0 Å². The molecular formula is C17H19NO4S. The highest BCUT2D eigenvalue weighted by molar-refractivity contribution is 7.92. The van der Waals surface area contributed by atoms with E-state index in [9.17, 15) is 13.2 Å². The second-order valence-corrected chi connectivity index (χ2v) is 7.28. The van der Waals surface area contributed by atoms with Gasteiger partial charge in [0.2, 0.25) is 5.91 Å². The molecule has 0 radical (unpaired) electrons. The molecule has 0 saturated heterocycles. The molecule has 0 fully saturated rings. The summed E-state index contributed by atoms with van der Waals surface area (Å²) in [5, 5.41) is 0. The van der Waals surface area contributed by atoms with Gasteiger partial charge in [-0.05, 0) is 29.8 Å². The highest BCUT2D eigenvalue weighted by Crippen LogP contribution is 2.18. The average molecular weight is 333 g/mol. The minimum atomic E-state index is -3.64. The van der Waals surface area contributed by atoms with Gasteiger partial charge in [-0.1, -0.05) is 30.3 Å². The third-order valence-electron chi connectivity index (χ3n) is 3.24. The Morgan fingerprint density at radius 3 is 2.17 bits per heavy atom. The molecule has 23 heavy (non-hydrogen) atoms. The fourth-order valence-electron chi connectivity index (χ4n) is 1.86. The van der Waals surface area contributed by atoms with E-state index in [1.807, 2.05) is 30.3 Å². The largest absolute Gasteiger partial charge is 0.489 e. The predicted octanol–water partition coefficient (Wildman–Crippen LogP) is 2.13. The number of nitrogens with zero attached hydrogens (tertiary/aromatic N) is 1. The van der Waals surface area contributed by atoms with Crippen LogP contribution in [-0.4, -0.2) is 39.1 Å². The lowest BCUT2D eigenvalue weighted by Crippen LogP contribution is -2.29. The third-order valence-corrected chi connectivity index (χ3v) is 4.86. The van der Waals surface area contributed by atoms with Crippen LogP contribution in [0.15, 0.2) is 59.5 Å². The second-order valence-electron chi connectivity index (χ2n) is 5.29. The van der Waals surface area contributed by atoms with Crippen LogP contribution in [0.5, 0.6) is 5.75 Å². The first-order valence-electron chi connectivity index (χ1n) is 7.08. The molecule has 0 heterocycles. The van der Waals surface area contributed by atoms with Crippen LogP contribution >= 0.6 is 0 Å². The molecule has 122 valence electrons. The van der Waals surface area contributed by atoms with Gasteiger partial charge in [-0.3, -0.25) is 4.79 Å². The van der Waals surface area contributed by atoms with Crippen molar-refractivity contribution in [2.24, 2.45) is 0 Å². The van der Waals surface area contributed by atoms with E-state index >= 15 is 0 Å². The summed E-state index contributed by atoms with van der Waals surface area (Å²) in [4.78, 5) is 12.9. The molecular weight excluding hydrogens is 314 g/mol. The van der Waals surface area contributed by atoms with Crippen molar-refractivity contribution in [1.82, 2.24) is 4.90 Å². The number of carbonyl (C=O) groups is 1. The van der Waals surface area contributed by atoms with E-state index in [1.165, 1.54) is 31.1 Å². The maximum Gasteiger partial charge on any atom is 0.237 e. The smallest absolute Gasteiger partial charge is 0.237 e. The van der Waals surface area contributed by atoms with E-state index in [4.69, 9.17) is 4.74 Å². The lowest BCUT2D eigenvalue weighted by molar-refractivity contribution is -0.125. The normalized spacial score (nSPS) is 11.0. The van der Waals surface area contributed by atoms with Crippen LogP contribution in [0.25, 0.3) is 0 Å². The fourth-order valence-corrected chi connectivity index (χ4v) is 3.16. The van der Waals surface area contributed by atoms with E-state index < -0.39 is 21.5 Å². The number of rotatable bonds is 6. The van der Waals surface area contributed by atoms with Gasteiger partial charge in [-0.25, -0.2) is 8.42 Å². The first-order chi connectivity index (χ1) is 10.9. The first kappa shape index (κ1) is 17.0. The highest BCUT2D eigenvalue weighted by atomic mass is 32.2. The van der Waals surface area contributed by atoms with Crippen molar-refractivity contribution in [1.29, 1.82) is 0 Å². The Kier molecular flexibility index (Phi) is 5.39. The van der Waals surface area contributed by atoms with Gasteiger partial charge in [-0.2, -0.15) is 0 Å². The summed E-state index contributed by atoms with van der Waals surface area (Å²) >= 11 is 0. The zero-order valence-corrected chi connectivity index (χ0v) is 13.9. The molecule has 2 aromatic carbocycles. The van der Waals surface area contributed by atoms with Crippen molar-refractivity contribution in [3.63, 3.8) is 0 Å². The summed E-state index contributed by atoms with van der Waals surface area (Å²) in [6.45, 7) is 0.409. The number of hydrogen-bond donors (Lipinski definition) is 0. The van der Waals surface area contributed by atoms with Gasteiger partial charge in [0.1, 0.15) is 18.1 Å². The van der Waals surface area contributed by atoms with Gasteiger partial charge >= 0.3 is 0 Å². The molecule has 0 aromatic heterocycles. The van der Waals surface area contributed by atoms with Crippen LogP contribution < -0.4 is 4.74 Å². The summed E-state index contributed by atoms with van der Waals surface area (Å²) in [7, 11) is -0.583. The Morgan fingerprint density at radius 1 is 1.00 bits per heavy atom. The van der Waals surface area contributed by atoms with Gasteiger partial charge in [0.05, 0.1) is 4.90 Å². The van der Waals surface area contributed by atoms with Crippen molar-refractivity contribution in [2.45, 2.75) is 11.5 Å². The van der Waals surface area contributed by atoms with E-state index in [0.29, 0.717) is 12.4 Å². The SMILES string of the molecule is CN(C)C(=O)CS(=O)(=O)c1ccc(OCc2ccccc2)cc1. The second kappa shape index (κ2) is 7.28. The summed E-state index contributed by atoms with van der Waals surface area (Å²) in [5.41, 5.74) is 1.03. The minimum absolute atomic E-state index is 0.111.